The zero-order valence-corrected chi connectivity index (χ0v) is 11.5. The first-order valence-corrected chi connectivity index (χ1v) is 6.82. The third-order valence-electron chi connectivity index (χ3n) is 2.94. The Morgan fingerprint density at radius 3 is 2.90 bits per heavy atom. The van der Waals surface area contributed by atoms with E-state index < -0.39 is 11.6 Å². The standard InChI is InChI=1S/C15H18F2N2O/c1-2-8-18-9-4-7-14-19-10-13(20-14)11-5-3-6-12(16)15(11)17/h3,5-6,10,18H,2,4,7-9H2,1H3. The van der Waals surface area contributed by atoms with Gasteiger partial charge in [0.2, 0.25) is 0 Å². The average Bonchev–Trinajstić information content (AvgIpc) is 2.90. The second kappa shape index (κ2) is 7.14. The largest absolute Gasteiger partial charge is 0.441 e. The van der Waals surface area contributed by atoms with Crippen LogP contribution in [0, 0.1) is 11.6 Å². The van der Waals surface area contributed by atoms with Crippen LogP contribution < -0.4 is 5.32 Å². The molecule has 0 fully saturated rings. The molecule has 5 heteroatoms. The number of benzene rings is 1. The monoisotopic (exact) mass is 280 g/mol. The number of rotatable bonds is 7. The Labute approximate surface area is 117 Å². The number of aromatic nitrogens is 1. The Balaban J connectivity index is 1.97. The van der Waals surface area contributed by atoms with Crippen molar-refractivity contribution in [2.24, 2.45) is 0 Å². The van der Waals surface area contributed by atoms with Crippen LogP contribution in [0.2, 0.25) is 0 Å². The minimum atomic E-state index is -0.903. The van der Waals surface area contributed by atoms with Crippen LogP contribution in [0.3, 0.4) is 0 Å². The minimum Gasteiger partial charge on any atom is -0.441 e. The van der Waals surface area contributed by atoms with Gasteiger partial charge in [0.1, 0.15) is 0 Å². The van der Waals surface area contributed by atoms with E-state index in [-0.39, 0.29) is 11.3 Å². The van der Waals surface area contributed by atoms with Crippen LogP contribution in [-0.2, 0) is 6.42 Å². The quantitative estimate of drug-likeness (QED) is 0.788. The van der Waals surface area contributed by atoms with Crippen molar-refractivity contribution in [3.63, 3.8) is 0 Å². The predicted octanol–water partition coefficient (Wildman–Crippen LogP) is 3.55. The highest BCUT2D eigenvalue weighted by molar-refractivity contribution is 5.57. The summed E-state index contributed by atoms with van der Waals surface area (Å²) in [5, 5.41) is 3.28. The Morgan fingerprint density at radius 1 is 1.25 bits per heavy atom. The molecule has 0 aliphatic heterocycles. The molecule has 2 rings (SSSR count). The maximum Gasteiger partial charge on any atom is 0.194 e. The molecule has 0 atom stereocenters. The van der Waals surface area contributed by atoms with Gasteiger partial charge in [-0.15, -0.1) is 0 Å². The number of nitrogens with zero attached hydrogens (tertiary/aromatic N) is 1. The van der Waals surface area contributed by atoms with Crippen molar-refractivity contribution in [2.75, 3.05) is 13.1 Å². The zero-order valence-electron chi connectivity index (χ0n) is 11.5. The molecule has 1 aromatic heterocycles. The van der Waals surface area contributed by atoms with Gasteiger partial charge in [0.25, 0.3) is 0 Å². The van der Waals surface area contributed by atoms with E-state index in [9.17, 15) is 8.78 Å². The van der Waals surface area contributed by atoms with Crippen LogP contribution in [0.1, 0.15) is 25.7 Å². The van der Waals surface area contributed by atoms with Crippen molar-refractivity contribution >= 4 is 0 Å². The molecular formula is C15H18F2N2O. The lowest BCUT2D eigenvalue weighted by molar-refractivity contribution is 0.480. The molecule has 20 heavy (non-hydrogen) atoms. The van der Waals surface area contributed by atoms with Crippen LogP contribution >= 0.6 is 0 Å². The van der Waals surface area contributed by atoms with Crippen LogP contribution in [-0.4, -0.2) is 18.1 Å². The normalized spacial score (nSPS) is 10.9. The minimum absolute atomic E-state index is 0.104. The van der Waals surface area contributed by atoms with Gasteiger partial charge in [-0.25, -0.2) is 13.8 Å². The lowest BCUT2D eigenvalue weighted by Gasteiger charge is -2.01. The van der Waals surface area contributed by atoms with Gasteiger partial charge < -0.3 is 9.73 Å². The van der Waals surface area contributed by atoms with Crippen molar-refractivity contribution in [2.45, 2.75) is 26.2 Å². The summed E-state index contributed by atoms with van der Waals surface area (Å²) in [6.45, 7) is 3.99. The van der Waals surface area contributed by atoms with Gasteiger partial charge in [0.05, 0.1) is 11.8 Å². The van der Waals surface area contributed by atoms with E-state index in [1.165, 1.54) is 18.3 Å². The predicted molar refractivity (Wildman–Crippen MR) is 73.3 cm³/mol. The maximum absolute atomic E-state index is 13.6. The van der Waals surface area contributed by atoms with Gasteiger partial charge in [-0.1, -0.05) is 13.0 Å². The highest BCUT2D eigenvalue weighted by Gasteiger charge is 2.13. The molecule has 0 aliphatic rings. The van der Waals surface area contributed by atoms with E-state index in [2.05, 4.69) is 17.2 Å². The van der Waals surface area contributed by atoms with Gasteiger partial charge >= 0.3 is 0 Å². The van der Waals surface area contributed by atoms with Crippen LogP contribution in [0.5, 0.6) is 0 Å². The van der Waals surface area contributed by atoms with Crippen molar-refractivity contribution in [3.8, 4) is 11.3 Å². The summed E-state index contributed by atoms with van der Waals surface area (Å²) in [5.74, 6) is -0.982. The van der Waals surface area contributed by atoms with Crippen molar-refractivity contribution in [3.05, 3.63) is 41.9 Å². The molecule has 0 spiro atoms. The molecule has 0 radical (unpaired) electrons. The molecule has 108 valence electrons. The molecule has 1 aromatic carbocycles. The van der Waals surface area contributed by atoms with Crippen molar-refractivity contribution in [1.29, 1.82) is 0 Å². The van der Waals surface area contributed by atoms with Crippen LogP contribution in [0.25, 0.3) is 11.3 Å². The number of halogens is 2. The van der Waals surface area contributed by atoms with Crippen LogP contribution in [0.4, 0.5) is 8.78 Å². The van der Waals surface area contributed by atoms with Gasteiger partial charge in [-0.2, -0.15) is 0 Å². The summed E-state index contributed by atoms with van der Waals surface area (Å²) >= 11 is 0. The first-order chi connectivity index (χ1) is 9.72. The number of nitrogens with one attached hydrogen (secondary N) is 1. The molecule has 0 unspecified atom stereocenters. The summed E-state index contributed by atoms with van der Waals surface area (Å²) < 4.78 is 32.2. The van der Waals surface area contributed by atoms with Gasteiger partial charge in [0.15, 0.2) is 23.3 Å². The van der Waals surface area contributed by atoms with Gasteiger partial charge in [-0.05, 0) is 38.1 Å². The third-order valence-corrected chi connectivity index (χ3v) is 2.94. The van der Waals surface area contributed by atoms with Gasteiger partial charge in [0, 0.05) is 6.42 Å². The Bertz CT molecular complexity index is 555. The summed E-state index contributed by atoms with van der Waals surface area (Å²) in [6, 6.07) is 4.01. The molecule has 2 aromatic rings. The lowest BCUT2D eigenvalue weighted by atomic mass is 10.2. The van der Waals surface area contributed by atoms with Crippen molar-refractivity contribution in [1.82, 2.24) is 10.3 Å². The highest BCUT2D eigenvalue weighted by Crippen LogP contribution is 2.25. The first kappa shape index (κ1) is 14.7. The number of oxazole rings is 1. The van der Waals surface area contributed by atoms with E-state index in [1.54, 1.807) is 0 Å². The fraction of sp³-hybridized carbons (Fsp3) is 0.400. The summed E-state index contributed by atoms with van der Waals surface area (Å²) in [5.41, 5.74) is 0.104. The first-order valence-electron chi connectivity index (χ1n) is 6.82. The molecule has 0 saturated carbocycles. The summed E-state index contributed by atoms with van der Waals surface area (Å²) in [6.07, 6.45) is 4.11. The molecule has 0 amide bonds. The zero-order chi connectivity index (χ0) is 14.4. The summed E-state index contributed by atoms with van der Waals surface area (Å²) in [4.78, 5) is 4.10. The Kier molecular flexibility index (Phi) is 5.24. The molecule has 0 aliphatic carbocycles. The Morgan fingerprint density at radius 2 is 2.10 bits per heavy atom. The lowest BCUT2D eigenvalue weighted by Crippen LogP contribution is -2.16. The van der Waals surface area contributed by atoms with E-state index in [4.69, 9.17) is 4.42 Å². The molecule has 1 N–H and O–H groups in total. The van der Waals surface area contributed by atoms with Crippen molar-refractivity contribution < 1.29 is 13.2 Å². The third kappa shape index (κ3) is 3.63. The topological polar surface area (TPSA) is 38.1 Å². The van der Waals surface area contributed by atoms with Crippen LogP contribution in [0.15, 0.2) is 28.8 Å². The van der Waals surface area contributed by atoms with E-state index in [0.717, 1.165) is 32.0 Å². The molecule has 1 heterocycles. The highest BCUT2D eigenvalue weighted by atomic mass is 19.2. The second-order valence-electron chi connectivity index (χ2n) is 4.57. The number of hydrogen-bond acceptors (Lipinski definition) is 3. The molecule has 0 bridgehead atoms. The van der Waals surface area contributed by atoms with E-state index in [1.807, 2.05) is 0 Å². The molecular weight excluding hydrogens is 262 g/mol. The average molecular weight is 280 g/mol. The fourth-order valence-electron chi connectivity index (χ4n) is 1.91. The molecule has 0 saturated heterocycles. The molecule has 3 nitrogen and oxygen atoms in total. The number of hydrogen-bond donors (Lipinski definition) is 1. The smallest absolute Gasteiger partial charge is 0.194 e. The summed E-state index contributed by atoms with van der Waals surface area (Å²) in [7, 11) is 0. The Hall–Kier alpha value is -1.75. The van der Waals surface area contributed by atoms with E-state index >= 15 is 0 Å². The SMILES string of the molecule is CCCNCCCc1ncc(-c2cccc(F)c2F)o1. The fourth-order valence-corrected chi connectivity index (χ4v) is 1.91. The van der Waals surface area contributed by atoms with E-state index in [0.29, 0.717) is 12.3 Å². The number of aryl methyl sites for hydroxylation is 1. The van der Waals surface area contributed by atoms with Gasteiger partial charge in [-0.3, -0.25) is 0 Å². The second-order valence-corrected chi connectivity index (χ2v) is 4.57. The maximum atomic E-state index is 13.6.